The first-order valence-electron chi connectivity index (χ1n) is 3.80. The van der Waals surface area contributed by atoms with Crippen LogP contribution in [0.4, 0.5) is 5.82 Å². The Morgan fingerprint density at radius 2 is 2.15 bits per heavy atom. The Bertz CT molecular complexity index is 322. The molecule has 0 spiro atoms. The van der Waals surface area contributed by atoms with Crippen LogP contribution in [0.5, 0.6) is 0 Å². The van der Waals surface area contributed by atoms with E-state index in [1.807, 2.05) is 25.9 Å². The third-order valence-electron chi connectivity index (χ3n) is 1.33. The first kappa shape index (κ1) is 9.92. The van der Waals surface area contributed by atoms with E-state index in [1.165, 1.54) is 0 Å². The van der Waals surface area contributed by atoms with Crippen LogP contribution in [0.25, 0.3) is 0 Å². The number of aliphatic imine (C=N–C) groups is 1. The highest BCUT2D eigenvalue weighted by Crippen LogP contribution is 2.14. The van der Waals surface area contributed by atoms with Crippen LogP contribution in [0.2, 0.25) is 5.15 Å². The summed E-state index contributed by atoms with van der Waals surface area (Å²) in [5.74, 6) is 0.565. The van der Waals surface area contributed by atoms with E-state index in [9.17, 15) is 0 Å². The summed E-state index contributed by atoms with van der Waals surface area (Å²) >= 11 is 5.71. The third kappa shape index (κ3) is 2.99. The molecule has 0 aromatic carbocycles. The highest BCUT2D eigenvalue weighted by atomic mass is 35.5. The van der Waals surface area contributed by atoms with Crippen LogP contribution >= 0.6 is 11.6 Å². The van der Waals surface area contributed by atoms with Crippen molar-refractivity contribution in [1.82, 2.24) is 15.1 Å². The van der Waals surface area contributed by atoms with Gasteiger partial charge >= 0.3 is 0 Å². The lowest BCUT2D eigenvalue weighted by atomic mass is 10.3. The Morgan fingerprint density at radius 1 is 1.46 bits per heavy atom. The quantitative estimate of drug-likeness (QED) is 0.536. The van der Waals surface area contributed by atoms with Gasteiger partial charge in [-0.05, 0) is 18.6 Å². The second-order valence-electron chi connectivity index (χ2n) is 2.88. The number of halogens is 1. The highest BCUT2D eigenvalue weighted by Gasteiger charge is 1.98. The van der Waals surface area contributed by atoms with Crippen LogP contribution in [-0.2, 0) is 0 Å². The molecule has 0 aliphatic carbocycles. The molecule has 1 rings (SSSR count). The van der Waals surface area contributed by atoms with Crippen LogP contribution in [-0.4, -0.2) is 35.5 Å². The monoisotopic (exact) mass is 198 g/mol. The van der Waals surface area contributed by atoms with Gasteiger partial charge in [-0.15, -0.1) is 10.2 Å². The summed E-state index contributed by atoms with van der Waals surface area (Å²) in [6, 6.07) is 1.79. The summed E-state index contributed by atoms with van der Waals surface area (Å²) in [7, 11) is 3.78. The second-order valence-corrected chi connectivity index (χ2v) is 3.24. The normalized spacial score (nSPS) is 10.8. The molecule has 0 amide bonds. The minimum absolute atomic E-state index is 0.420. The van der Waals surface area contributed by atoms with Crippen molar-refractivity contribution in [2.24, 2.45) is 4.99 Å². The molecule has 13 heavy (non-hydrogen) atoms. The lowest BCUT2D eigenvalue weighted by Crippen LogP contribution is -2.07. The van der Waals surface area contributed by atoms with Crippen LogP contribution in [0.1, 0.15) is 5.56 Å². The SMILES string of the molecule is Cc1cc(/N=C\N(C)C)nnc1Cl. The zero-order valence-electron chi connectivity index (χ0n) is 7.82. The van der Waals surface area contributed by atoms with E-state index in [0.717, 1.165) is 5.56 Å². The van der Waals surface area contributed by atoms with Gasteiger partial charge in [-0.2, -0.15) is 0 Å². The van der Waals surface area contributed by atoms with Gasteiger partial charge in [0.1, 0.15) is 0 Å². The number of aryl methyl sites for hydroxylation is 1. The lowest BCUT2D eigenvalue weighted by molar-refractivity contribution is 0.642. The molecule has 1 heterocycles. The molecule has 0 aliphatic rings. The molecular weight excluding hydrogens is 188 g/mol. The number of nitrogens with zero attached hydrogens (tertiary/aromatic N) is 4. The van der Waals surface area contributed by atoms with Crippen molar-refractivity contribution >= 4 is 23.8 Å². The molecule has 5 heteroatoms. The molecule has 1 aromatic rings. The van der Waals surface area contributed by atoms with E-state index < -0.39 is 0 Å². The number of aromatic nitrogens is 2. The zero-order chi connectivity index (χ0) is 9.84. The Kier molecular flexibility index (Phi) is 3.19. The van der Waals surface area contributed by atoms with E-state index in [0.29, 0.717) is 11.0 Å². The first-order valence-corrected chi connectivity index (χ1v) is 4.18. The van der Waals surface area contributed by atoms with Gasteiger partial charge in [-0.1, -0.05) is 11.6 Å². The second kappa shape index (κ2) is 4.18. The maximum Gasteiger partial charge on any atom is 0.176 e. The summed E-state index contributed by atoms with van der Waals surface area (Å²) in [5.41, 5.74) is 0.877. The topological polar surface area (TPSA) is 41.4 Å². The summed E-state index contributed by atoms with van der Waals surface area (Å²) in [5, 5.41) is 7.96. The van der Waals surface area contributed by atoms with Gasteiger partial charge in [0.25, 0.3) is 0 Å². The predicted octanol–water partition coefficient (Wildman–Crippen LogP) is 1.66. The maximum atomic E-state index is 5.71. The summed E-state index contributed by atoms with van der Waals surface area (Å²) in [4.78, 5) is 5.90. The average molecular weight is 199 g/mol. The molecule has 0 N–H and O–H groups in total. The van der Waals surface area contributed by atoms with Crippen molar-refractivity contribution in [3.8, 4) is 0 Å². The fourth-order valence-electron chi connectivity index (χ4n) is 0.694. The summed E-state index contributed by atoms with van der Waals surface area (Å²) in [6.07, 6.45) is 1.66. The van der Waals surface area contributed by atoms with Gasteiger partial charge in [-0.25, -0.2) is 4.99 Å². The minimum atomic E-state index is 0.420. The third-order valence-corrected chi connectivity index (χ3v) is 1.71. The summed E-state index contributed by atoms with van der Waals surface area (Å²) in [6.45, 7) is 1.87. The predicted molar refractivity (Wildman–Crippen MR) is 53.6 cm³/mol. The smallest absolute Gasteiger partial charge is 0.176 e. The van der Waals surface area contributed by atoms with Crippen molar-refractivity contribution in [2.45, 2.75) is 6.92 Å². The van der Waals surface area contributed by atoms with E-state index in [4.69, 9.17) is 11.6 Å². The standard InChI is InChI=1S/C8H11ClN4/c1-6-4-7(10-5-13(2)3)11-12-8(6)9/h4-5H,1-3H3/b10-5-. The van der Waals surface area contributed by atoms with Gasteiger partial charge in [0, 0.05) is 14.1 Å². The number of rotatable bonds is 2. The largest absolute Gasteiger partial charge is 0.369 e. The lowest BCUT2D eigenvalue weighted by Gasteiger charge is -2.01. The molecule has 0 unspecified atom stereocenters. The van der Waals surface area contributed by atoms with Gasteiger partial charge in [0.05, 0.1) is 6.34 Å². The number of hydrogen-bond acceptors (Lipinski definition) is 3. The van der Waals surface area contributed by atoms with Crippen LogP contribution in [0.3, 0.4) is 0 Å². The van der Waals surface area contributed by atoms with E-state index in [2.05, 4.69) is 15.2 Å². The molecule has 0 saturated heterocycles. The molecule has 70 valence electrons. The molecule has 4 nitrogen and oxygen atoms in total. The molecule has 0 fully saturated rings. The Balaban J connectivity index is 2.85. The van der Waals surface area contributed by atoms with Crippen LogP contribution in [0, 0.1) is 6.92 Å². The Morgan fingerprint density at radius 3 is 2.69 bits per heavy atom. The van der Waals surface area contributed by atoms with Gasteiger partial charge in [0.15, 0.2) is 11.0 Å². The Labute approximate surface area is 82.3 Å². The first-order chi connectivity index (χ1) is 6.09. The molecule has 0 bridgehead atoms. The average Bonchev–Trinajstić information content (AvgIpc) is 2.07. The maximum absolute atomic E-state index is 5.71. The molecule has 0 aliphatic heterocycles. The van der Waals surface area contributed by atoms with Gasteiger partial charge in [0.2, 0.25) is 0 Å². The molecule has 1 aromatic heterocycles. The molecule has 0 saturated carbocycles. The zero-order valence-corrected chi connectivity index (χ0v) is 8.58. The van der Waals surface area contributed by atoms with E-state index in [1.54, 1.807) is 12.4 Å². The van der Waals surface area contributed by atoms with Crippen molar-refractivity contribution in [3.05, 3.63) is 16.8 Å². The number of hydrogen-bond donors (Lipinski definition) is 0. The summed E-state index contributed by atoms with van der Waals surface area (Å²) < 4.78 is 0. The Hall–Kier alpha value is -1.16. The molecule has 0 radical (unpaired) electrons. The fourth-order valence-corrected chi connectivity index (χ4v) is 0.786. The van der Waals surface area contributed by atoms with E-state index >= 15 is 0 Å². The molecular formula is C8H11ClN4. The van der Waals surface area contributed by atoms with Crippen LogP contribution < -0.4 is 0 Å². The van der Waals surface area contributed by atoms with Crippen molar-refractivity contribution < 1.29 is 0 Å². The molecule has 0 atom stereocenters. The fraction of sp³-hybridized carbons (Fsp3) is 0.375. The van der Waals surface area contributed by atoms with Crippen LogP contribution in [0.15, 0.2) is 11.1 Å². The van der Waals surface area contributed by atoms with Crippen molar-refractivity contribution in [2.75, 3.05) is 14.1 Å². The minimum Gasteiger partial charge on any atom is -0.369 e. The highest BCUT2D eigenvalue weighted by molar-refractivity contribution is 6.30. The van der Waals surface area contributed by atoms with Gasteiger partial charge in [-0.3, -0.25) is 0 Å². The van der Waals surface area contributed by atoms with Crippen molar-refractivity contribution in [1.29, 1.82) is 0 Å². The van der Waals surface area contributed by atoms with Gasteiger partial charge < -0.3 is 4.90 Å². The van der Waals surface area contributed by atoms with Crippen molar-refractivity contribution in [3.63, 3.8) is 0 Å². The van der Waals surface area contributed by atoms with E-state index in [-0.39, 0.29) is 0 Å².